The van der Waals surface area contributed by atoms with Gasteiger partial charge in [0.05, 0.1) is 0 Å². The molecular formula is C20H17FN2O3S. The van der Waals surface area contributed by atoms with Gasteiger partial charge in [-0.1, -0.05) is 18.2 Å². The van der Waals surface area contributed by atoms with E-state index in [9.17, 15) is 9.18 Å². The molecule has 0 bridgehead atoms. The second-order valence-corrected chi connectivity index (χ2v) is 6.28. The summed E-state index contributed by atoms with van der Waals surface area (Å²) in [5.41, 5.74) is 2.58. The Morgan fingerprint density at radius 2 is 2.00 bits per heavy atom. The molecule has 1 aromatic heterocycles. The van der Waals surface area contributed by atoms with Gasteiger partial charge in [-0.3, -0.25) is 10.1 Å². The lowest BCUT2D eigenvalue weighted by Gasteiger charge is -2.13. The van der Waals surface area contributed by atoms with Gasteiger partial charge < -0.3 is 14.8 Å². The molecule has 0 saturated carbocycles. The molecule has 3 aromatic rings. The molecule has 3 rings (SSSR count). The summed E-state index contributed by atoms with van der Waals surface area (Å²) < 4.78 is 18.8. The molecule has 3 N–H and O–H groups in total. The smallest absolute Gasteiger partial charge is 0.257 e. The zero-order valence-corrected chi connectivity index (χ0v) is 15.3. The first kappa shape index (κ1) is 18.8. The number of aryl methyl sites for hydroxylation is 1. The van der Waals surface area contributed by atoms with Crippen LogP contribution >= 0.6 is 12.2 Å². The van der Waals surface area contributed by atoms with Crippen molar-refractivity contribution in [3.63, 3.8) is 0 Å². The number of hydrogen-bond donors (Lipinski definition) is 3. The highest BCUT2D eigenvalue weighted by molar-refractivity contribution is 7.80. The number of anilines is 1. The number of nitrogens with one attached hydrogen (secondary N) is 2. The number of furan rings is 1. The minimum absolute atomic E-state index is 0.0972. The predicted octanol–water partition coefficient (Wildman–Crippen LogP) is 4.01. The summed E-state index contributed by atoms with van der Waals surface area (Å²) in [6.07, 6.45) is 0. The lowest BCUT2D eigenvalue weighted by atomic mass is 10.1. The van der Waals surface area contributed by atoms with E-state index in [1.165, 1.54) is 18.2 Å². The summed E-state index contributed by atoms with van der Waals surface area (Å²) in [5.74, 6) is 0.0833. The van der Waals surface area contributed by atoms with E-state index in [4.69, 9.17) is 21.7 Å². The van der Waals surface area contributed by atoms with Gasteiger partial charge in [-0.15, -0.1) is 0 Å². The average Bonchev–Trinajstić information content (AvgIpc) is 3.12. The molecule has 0 radical (unpaired) electrons. The van der Waals surface area contributed by atoms with Gasteiger partial charge in [0.2, 0.25) is 0 Å². The van der Waals surface area contributed by atoms with Crippen LogP contribution in [0.15, 0.2) is 59.0 Å². The van der Waals surface area contributed by atoms with Gasteiger partial charge in [-0.05, 0) is 61.1 Å². The van der Waals surface area contributed by atoms with E-state index >= 15 is 0 Å². The van der Waals surface area contributed by atoms with E-state index in [1.54, 1.807) is 12.1 Å². The van der Waals surface area contributed by atoms with Crippen LogP contribution in [0.3, 0.4) is 0 Å². The van der Waals surface area contributed by atoms with E-state index in [0.29, 0.717) is 17.2 Å². The Balaban J connectivity index is 1.73. The predicted molar refractivity (Wildman–Crippen MR) is 105 cm³/mol. The Labute approximate surface area is 160 Å². The fourth-order valence-corrected chi connectivity index (χ4v) is 2.69. The largest absolute Gasteiger partial charge is 0.459 e. The number of rotatable bonds is 4. The normalized spacial score (nSPS) is 10.5. The number of halogens is 1. The van der Waals surface area contributed by atoms with Crippen LogP contribution in [-0.4, -0.2) is 16.1 Å². The van der Waals surface area contributed by atoms with Crippen molar-refractivity contribution in [2.24, 2.45) is 0 Å². The molecule has 0 atom stereocenters. The molecule has 0 saturated heterocycles. The van der Waals surface area contributed by atoms with Crippen molar-refractivity contribution in [1.29, 1.82) is 0 Å². The van der Waals surface area contributed by atoms with E-state index in [1.807, 2.05) is 25.1 Å². The van der Waals surface area contributed by atoms with Crippen LogP contribution in [0.1, 0.15) is 21.7 Å². The van der Waals surface area contributed by atoms with Gasteiger partial charge in [0, 0.05) is 16.8 Å². The monoisotopic (exact) mass is 384 g/mol. The van der Waals surface area contributed by atoms with Crippen molar-refractivity contribution in [2.75, 3.05) is 5.32 Å². The molecule has 0 aliphatic carbocycles. The Morgan fingerprint density at radius 1 is 1.19 bits per heavy atom. The van der Waals surface area contributed by atoms with Gasteiger partial charge >= 0.3 is 0 Å². The second kappa shape index (κ2) is 8.11. The van der Waals surface area contributed by atoms with Crippen LogP contribution in [-0.2, 0) is 6.61 Å². The number of carbonyl (C=O) groups excluding carboxylic acids is 1. The maximum absolute atomic E-state index is 13.2. The van der Waals surface area contributed by atoms with E-state index < -0.39 is 11.7 Å². The number of benzene rings is 2. The Hall–Kier alpha value is -3.03. The molecule has 0 aliphatic rings. The zero-order valence-electron chi connectivity index (χ0n) is 14.5. The highest BCUT2D eigenvalue weighted by atomic mass is 32.1. The number of carbonyl (C=O) groups is 1. The summed E-state index contributed by atoms with van der Waals surface area (Å²) in [4.78, 5) is 12.2. The molecule has 1 heterocycles. The molecule has 27 heavy (non-hydrogen) atoms. The summed E-state index contributed by atoms with van der Waals surface area (Å²) in [5, 5.41) is 14.7. The molecule has 7 heteroatoms. The van der Waals surface area contributed by atoms with Crippen molar-refractivity contribution in [3.05, 3.63) is 77.3 Å². The van der Waals surface area contributed by atoms with Crippen molar-refractivity contribution < 1.29 is 18.7 Å². The topological polar surface area (TPSA) is 74.5 Å². The number of thiocarbonyl (C=S) groups is 1. The summed E-state index contributed by atoms with van der Waals surface area (Å²) >= 11 is 5.19. The summed E-state index contributed by atoms with van der Waals surface area (Å²) in [6, 6.07) is 14.4. The minimum Gasteiger partial charge on any atom is -0.459 e. The maximum Gasteiger partial charge on any atom is 0.257 e. The maximum atomic E-state index is 13.2. The molecule has 0 unspecified atom stereocenters. The van der Waals surface area contributed by atoms with Crippen LogP contribution in [0.4, 0.5) is 10.1 Å². The van der Waals surface area contributed by atoms with Crippen LogP contribution in [0, 0.1) is 12.7 Å². The fraction of sp³-hybridized carbons (Fsp3) is 0.100. The summed E-state index contributed by atoms with van der Waals surface area (Å²) in [6.45, 7) is 1.72. The lowest BCUT2D eigenvalue weighted by molar-refractivity contribution is 0.0977. The molecule has 0 spiro atoms. The molecule has 2 aromatic carbocycles. The highest BCUT2D eigenvalue weighted by Crippen LogP contribution is 2.27. The van der Waals surface area contributed by atoms with Gasteiger partial charge in [0.1, 0.15) is 23.9 Å². The zero-order chi connectivity index (χ0) is 19.4. The molecule has 138 valence electrons. The van der Waals surface area contributed by atoms with E-state index in [-0.39, 0.29) is 17.3 Å². The quantitative estimate of drug-likeness (QED) is 0.593. The standard InChI is InChI=1S/C20H17FN2O3S/c1-12-5-6-13(18-8-7-16(11-24)26-18)10-17(12)22-20(27)23-19(25)14-3-2-4-15(21)9-14/h2-10,24H,11H2,1H3,(H2,22,23,25,27). The third-order valence-corrected chi connectivity index (χ3v) is 4.11. The van der Waals surface area contributed by atoms with Crippen LogP contribution in [0.2, 0.25) is 0 Å². The minimum atomic E-state index is -0.501. The first-order chi connectivity index (χ1) is 13.0. The SMILES string of the molecule is Cc1ccc(-c2ccc(CO)o2)cc1NC(=S)NC(=O)c1cccc(F)c1. The second-order valence-electron chi connectivity index (χ2n) is 5.87. The van der Waals surface area contributed by atoms with Crippen LogP contribution in [0.25, 0.3) is 11.3 Å². The first-order valence-corrected chi connectivity index (χ1v) is 8.55. The third kappa shape index (κ3) is 4.58. The lowest BCUT2D eigenvalue weighted by Crippen LogP contribution is -2.34. The molecule has 0 fully saturated rings. The van der Waals surface area contributed by atoms with E-state index in [2.05, 4.69) is 10.6 Å². The number of aliphatic hydroxyl groups excluding tert-OH is 1. The highest BCUT2D eigenvalue weighted by Gasteiger charge is 2.11. The molecule has 0 aliphatic heterocycles. The average molecular weight is 384 g/mol. The molecular weight excluding hydrogens is 367 g/mol. The van der Waals surface area contributed by atoms with Crippen LogP contribution < -0.4 is 10.6 Å². The Bertz CT molecular complexity index is 1000. The summed E-state index contributed by atoms with van der Waals surface area (Å²) in [7, 11) is 0. The van der Waals surface area contributed by atoms with Gasteiger partial charge in [0.15, 0.2) is 5.11 Å². The van der Waals surface area contributed by atoms with Crippen molar-refractivity contribution in [2.45, 2.75) is 13.5 Å². The number of amides is 1. The van der Waals surface area contributed by atoms with Crippen molar-refractivity contribution >= 4 is 28.9 Å². The van der Waals surface area contributed by atoms with Gasteiger partial charge in [-0.2, -0.15) is 0 Å². The van der Waals surface area contributed by atoms with Gasteiger partial charge in [0.25, 0.3) is 5.91 Å². The first-order valence-electron chi connectivity index (χ1n) is 8.15. The van der Waals surface area contributed by atoms with Crippen LogP contribution in [0.5, 0.6) is 0 Å². The number of aliphatic hydroxyl groups is 1. The molecule has 1 amide bonds. The Morgan fingerprint density at radius 3 is 2.70 bits per heavy atom. The fourth-order valence-electron chi connectivity index (χ4n) is 2.49. The van der Waals surface area contributed by atoms with E-state index in [0.717, 1.165) is 17.2 Å². The van der Waals surface area contributed by atoms with Crippen molar-refractivity contribution in [1.82, 2.24) is 5.32 Å². The Kier molecular flexibility index (Phi) is 5.63. The molecule has 5 nitrogen and oxygen atoms in total. The number of hydrogen-bond acceptors (Lipinski definition) is 4. The van der Waals surface area contributed by atoms with Gasteiger partial charge in [-0.25, -0.2) is 4.39 Å². The third-order valence-electron chi connectivity index (χ3n) is 3.90. The van der Waals surface area contributed by atoms with Crippen molar-refractivity contribution in [3.8, 4) is 11.3 Å².